The number of anilines is 1. The van der Waals surface area contributed by atoms with Gasteiger partial charge in [0.05, 0.1) is 6.04 Å². The number of amides is 2. The van der Waals surface area contributed by atoms with Gasteiger partial charge in [-0.3, -0.25) is 9.59 Å². The van der Waals surface area contributed by atoms with E-state index in [1.165, 1.54) is 12.1 Å². The highest BCUT2D eigenvalue weighted by molar-refractivity contribution is 5.98. The van der Waals surface area contributed by atoms with Crippen LogP contribution in [0.25, 0.3) is 0 Å². The van der Waals surface area contributed by atoms with Crippen LogP contribution in [0, 0.1) is 17.7 Å². The average molecular weight is 354 g/mol. The number of hydrogen-bond donors (Lipinski definition) is 1. The molecule has 3 atom stereocenters. The lowest BCUT2D eigenvalue weighted by molar-refractivity contribution is -0.117. The fraction of sp³-hybridized carbons (Fsp3) is 0.333. The summed E-state index contributed by atoms with van der Waals surface area (Å²) < 4.78 is 13.1. The van der Waals surface area contributed by atoms with E-state index in [9.17, 15) is 14.0 Å². The monoisotopic (exact) mass is 354 g/mol. The Kier molecular flexibility index (Phi) is 5.07. The Morgan fingerprint density at radius 1 is 1.19 bits per heavy atom. The molecule has 1 aliphatic rings. The van der Waals surface area contributed by atoms with E-state index in [0.29, 0.717) is 17.2 Å². The Morgan fingerprint density at radius 3 is 2.46 bits per heavy atom. The second-order valence-electron chi connectivity index (χ2n) is 7.03. The molecule has 1 fully saturated rings. The first-order valence-corrected chi connectivity index (χ1v) is 8.80. The molecule has 2 aromatic rings. The van der Waals surface area contributed by atoms with Gasteiger partial charge in [0.2, 0.25) is 5.91 Å². The van der Waals surface area contributed by atoms with Crippen LogP contribution in [0.1, 0.15) is 42.2 Å². The second-order valence-corrected chi connectivity index (χ2v) is 7.03. The van der Waals surface area contributed by atoms with E-state index in [1.807, 2.05) is 6.92 Å². The van der Waals surface area contributed by atoms with Crippen LogP contribution in [-0.4, -0.2) is 23.8 Å². The fourth-order valence-corrected chi connectivity index (χ4v) is 3.00. The predicted molar refractivity (Wildman–Crippen MR) is 99.3 cm³/mol. The molecule has 0 aromatic heterocycles. The van der Waals surface area contributed by atoms with Crippen molar-refractivity contribution in [3.05, 3.63) is 65.5 Å². The molecule has 2 aromatic carbocycles. The fourth-order valence-electron chi connectivity index (χ4n) is 3.00. The first-order valence-electron chi connectivity index (χ1n) is 8.80. The molecule has 0 bridgehead atoms. The molecule has 0 spiro atoms. The quantitative estimate of drug-likeness (QED) is 0.872. The molecular weight excluding hydrogens is 331 g/mol. The maximum Gasteiger partial charge on any atom is 0.254 e. The third-order valence-corrected chi connectivity index (χ3v) is 5.08. The SMILES string of the molecule is CC1CC1C(=O)Nc1cccc(C(=O)N(C)C(C)c2ccc(F)cc2)c1. The van der Waals surface area contributed by atoms with Gasteiger partial charge in [-0.25, -0.2) is 4.39 Å². The Morgan fingerprint density at radius 2 is 1.85 bits per heavy atom. The largest absolute Gasteiger partial charge is 0.335 e. The van der Waals surface area contributed by atoms with Gasteiger partial charge in [0.1, 0.15) is 5.82 Å². The normalized spacial score (nSPS) is 19.5. The topological polar surface area (TPSA) is 49.4 Å². The molecular formula is C21H23FN2O2. The molecule has 4 nitrogen and oxygen atoms in total. The molecule has 26 heavy (non-hydrogen) atoms. The first kappa shape index (κ1) is 18.1. The third-order valence-electron chi connectivity index (χ3n) is 5.08. The molecule has 0 heterocycles. The van der Waals surface area contributed by atoms with Crippen molar-refractivity contribution in [3.63, 3.8) is 0 Å². The highest BCUT2D eigenvalue weighted by atomic mass is 19.1. The number of carbonyl (C=O) groups excluding carboxylic acids is 2. The van der Waals surface area contributed by atoms with Gasteiger partial charge in [-0.1, -0.05) is 25.1 Å². The van der Waals surface area contributed by atoms with Gasteiger partial charge in [-0.05, 0) is 55.2 Å². The van der Waals surface area contributed by atoms with E-state index < -0.39 is 0 Å². The Hall–Kier alpha value is -2.69. The molecule has 3 rings (SSSR count). The van der Waals surface area contributed by atoms with Gasteiger partial charge in [0, 0.05) is 24.2 Å². The minimum absolute atomic E-state index is 0.00938. The highest BCUT2D eigenvalue weighted by Crippen LogP contribution is 2.38. The summed E-state index contributed by atoms with van der Waals surface area (Å²) >= 11 is 0. The maximum atomic E-state index is 13.1. The van der Waals surface area contributed by atoms with Crippen LogP contribution in [0.2, 0.25) is 0 Å². The minimum atomic E-state index is -0.302. The van der Waals surface area contributed by atoms with Crippen LogP contribution in [0.5, 0.6) is 0 Å². The number of hydrogen-bond acceptors (Lipinski definition) is 2. The van der Waals surface area contributed by atoms with E-state index >= 15 is 0 Å². The Bertz CT molecular complexity index is 819. The summed E-state index contributed by atoms with van der Waals surface area (Å²) in [6.45, 7) is 3.95. The van der Waals surface area contributed by atoms with Crippen molar-refractivity contribution in [3.8, 4) is 0 Å². The smallest absolute Gasteiger partial charge is 0.254 e. The number of carbonyl (C=O) groups is 2. The lowest BCUT2D eigenvalue weighted by Gasteiger charge is -2.25. The van der Waals surface area contributed by atoms with Gasteiger partial charge in [0.25, 0.3) is 5.91 Å². The molecule has 1 N–H and O–H groups in total. The van der Waals surface area contributed by atoms with Crippen molar-refractivity contribution in [2.75, 3.05) is 12.4 Å². The molecule has 1 saturated carbocycles. The number of rotatable bonds is 5. The number of halogens is 1. The lowest BCUT2D eigenvalue weighted by atomic mass is 10.1. The van der Waals surface area contributed by atoms with Crippen LogP contribution < -0.4 is 5.32 Å². The van der Waals surface area contributed by atoms with Crippen LogP contribution in [0.3, 0.4) is 0 Å². The lowest BCUT2D eigenvalue weighted by Crippen LogP contribution is -2.29. The summed E-state index contributed by atoms with van der Waals surface area (Å²) in [5, 5.41) is 2.88. The molecule has 2 amide bonds. The van der Waals surface area contributed by atoms with Crippen LogP contribution in [0.15, 0.2) is 48.5 Å². The van der Waals surface area contributed by atoms with E-state index in [0.717, 1.165) is 12.0 Å². The zero-order valence-corrected chi connectivity index (χ0v) is 15.2. The molecule has 0 aliphatic heterocycles. The first-order chi connectivity index (χ1) is 12.4. The van der Waals surface area contributed by atoms with Gasteiger partial charge >= 0.3 is 0 Å². The molecule has 5 heteroatoms. The Labute approximate surface area is 153 Å². The molecule has 3 unspecified atom stereocenters. The van der Waals surface area contributed by atoms with E-state index in [1.54, 1.807) is 48.3 Å². The van der Waals surface area contributed by atoms with Crippen molar-refractivity contribution in [2.24, 2.45) is 11.8 Å². The van der Waals surface area contributed by atoms with Crippen molar-refractivity contribution in [1.82, 2.24) is 4.90 Å². The van der Waals surface area contributed by atoms with E-state index in [4.69, 9.17) is 0 Å². The van der Waals surface area contributed by atoms with Crippen molar-refractivity contribution in [1.29, 1.82) is 0 Å². The van der Waals surface area contributed by atoms with Gasteiger partial charge in [-0.15, -0.1) is 0 Å². The predicted octanol–water partition coefficient (Wildman–Crippen LogP) is 4.25. The summed E-state index contributed by atoms with van der Waals surface area (Å²) in [5.74, 6) is 0.0641. The van der Waals surface area contributed by atoms with Crippen molar-refractivity contribution >= 4 is 17.5 Å². The van der Waals surface area contributed by atoms with Gasteiger partial charge in [0.15, 0.2) is 0 Å². The molecule has 1 aliphatic carbocycles. The zero-order chi connectivity index (χ0) is 18.8. The van der Waals surface area contributed by atoms with E-state index in [2.05, 4.69) is 12.2 Å². The number of nitrogens with zero attached hydrogens (tertiary/aromatic N) is 1. The average Bonchev–Trinajstić information content (AvgIpc) is 3.37. The summed E-state index contributed by atoms with van der Waals surface area (Å²) in [4.78, 5) is 26.5. The summed E-state index contributed by atoms with van der Waals surface area (Å²) in [6, 6.07) is 12.9. The van der Waals surface area contributed by atoms with Crippen molar-refractivity contribution in [2.45, 2.75) is 26.3 Å². The number of benzene rings is 2. The Balaban J connectivity index is 1.71. The number of nitrogens with one attached hydrogen (secondary N) is 1. The standard InChI is InChI=1S/C21H23FN2O2/c1-13-11-19(13)20(25)23-18-6-4-5-16(12-18)21(26)24(3)14(2)15-7-9-17(22)10-8-15/h4-10,12-14,19H,11H2,1-3H3,(H,23,25). The minimum Gasteiger partial charge on any atom is -0.335 e. The second kappa shape index (κ2) is 7.28. The van der Waals surface area contributed by atoms with Gasteiger partial charge < -0.3 is 10.2 Å². The molecule has 0 radical (unpaired) electrons. The van der Waals surface area contributed by atoms with E-state index in [-0.39, 0.29) is 29.6 Å². The molecule has 0 saturated heterocycles. The van der Waals surface area contributed by atoms with Crippen LogP contribution >= 0.6 is 0 Å². The van der Waals surface area contributed by atoms with Crippen molar-refractivity contribution < 1.29 is 14.0 Å². The van der Waals surface area contributed by atoms with Crippen LogP contribution in [0.4, 0.5) is 10.1 Å². The van der Waals surface area contributed by atoms with Gasteiger partial charge in [-0.2, -0.15) is 0 Å². The highest BCUT2D eigenvalue weighted by Gasteiger charge is 2.39. The summed E-state index contributed by atoms with van der Waals surface area (Å²) in [6.07, 6.45) is 0.919. The maximum absolute atomic E-state index is 13.1. The third kappa shape index (κ3) is 3.93. The van der Waals surface area contributed by atoms with Crippen LogP contribution in [-0.2, 0) is 4.79 Å². The summed E-state index contributed by atoms with van der Waals surface area (Å²) in [5.41, 5.74) is 1.99. The zero-order valence-electron chi connectivity index (χ0n) is 15.2. The summed E-state index contributed by atoms with van der Waals surface area (Å²) in [7, 11) is 1.72. The molecule has 136 valence electrons.